The number of benzene rings is 9. The third kappa shape index (κ3) is 4.82. The lowest BCUT2D eigenvalue weighted by Gasteiger charge is -2.29. The number of para-hydroxylation sites is 8. The van der Waals surface area contributed by atoms with Gasteiger partial charge < -0.3 is 18.6 Å². The summed E-state index contributed by atoms with van der Waals surface area (Å²) >= 11 is 0. The molecule has 0 unspecified atom stereocenters. The Hall–Kier alpha value is -7.82. The van der Waals surface area contributed by atoms with Gasteiger partial charge in [-0.25, -0.2) is 0 Å². The fourth-order valence-electron chi connectivity index (χ4n) is 9.40. The van der Waals surface area contributed by atoms with Crippen LogP contribution in [0.2, 0.25) is 0 Å². The fraction of sp³-hybridized carbons (Fsp3) is 0. The van der Waals surface area contributed by atoms with Crippen molar-refractivity contribution in [3.63, 3.8) is 0 Å². The molecule has 3 heterocycles. The molecular formula is C54H36N4. The van der Waals surface area contributed by atoms with Crippen LogP contribution in [0.25, 0.3) is 82.5 Å². The Morgan fingerprint density at radius 1 is 0.259 bits per heavy atom. The molecule has 0 aliphatic carbocycles. The lowest BCUT2D eigenvalue weighted by molar-refractivity contribution is 1.13. The van der Waals surface area contributed by atoms with Crippen molar-refractivity contribution < 1.29 is 0 Å². The highest BCUT2D eigenvalue weighted by Crippen LogP contribution is 2.44. The number of nitrogens with zero attached hydrogens (tertiary/aromatic N) is 4. The average Bonchev–Trinajstić information content (AvgIpc) is 3.93. The summed E-state index contributed by atoms with van der Waals surface area (Å²) in [5.74, 6) is 0. The standard InChI is InChI=1S/C54H36N4/c1-7-27-47-41(21-1)42-22-2-8-28-48(42)56(47)39-19-15-17-37(35-39)55(38-18-16-20-40(36-38)57-49-29-9-3-23-43(49)44-24-4-10-30-50(44)57)53-33-13-14-34-54(53)58-51-31-11-5-25-45(51)46-26-6-12-32-52(46)58/h1-36H. The molecule has 3 aromatic heterocycles. The van der Waals surface area contributed by atoms with Crippen LogP contribution in [0.4, 0.5) is 17.1 Å². The van der Waals surface area contributed by atoms with E-state index in [1.165, 1.54) is 65.4 Å². The summed E-state index contributed by atoms with van der Waals surface area (Å²) in [6.07, 6.45) is 0. The maximum atomic E-state index is 2.44. The van der Waals surface area contributed by atoms with Crippen LogP contribution in [0.1, 0.15) is 0 Å². The monoisotopic (exact) mass is 740 g/mol. The highest BCUT2D eigenvalue weighted by molar-refractivity contribution is 6.11. The summed E-state index contributed by atoms with van der Waals surface area (Å²) in [6, 6.07) is 79.3. The largest absolute Gasteiger partial charge is 0.309 e. The van der Waals surface area contributed by atoms with Gasteiger partial charge in [0.2, 0.25) is 0 Å². The molecule has 0 atom stereocenters. The van der Waals surface area contributed by atoms with E-state index in [0.717, 1.165) is 34.1 Å². The highest BCUT2D eigenvalue weighted by atomic mass is 15.2. The van der Waals surface area contributed by atoms with E-state index in [2.05, 4.69) is 237 Å². The Kier molecular flexibility index (Phi) is 7.20. The number of hydrogen-bond acceptors (Lipinski definition) is 1. The van der Waals surface area contributed by atoms with E-state index in [1.54, 1.807) is 0 Å². The molecule has 0 saturated heterocycles. The Bertz CT molecular complexity index is 3230. The molecule has 0 saturated carbocycles. The van der Waals surface area contributed by atoms with Crippen LogP contribution in [-0.4, -0.2) is 13.7 Å². The predicted molar refractivity (Wildman–Crippen MR) is 244 cm³/mol. The van der Waals surface area contributed by atoms with Gasteiger partial charge in [-0.05, 0) is 84.9 Å². The van der Waals surface area contributed by atoms with Crippen molar-refractivity contribution in [3.05, 3.63) is 218 Å². The van der Waals surface area contributed by atoms with Crippen LogP contribution in [0.5, 0.6) is 0 Å². The fourth-order valence-corrected chi connectivity index (χ4v) is 9.40. The van der Waals surface area contributed by atoms with Gasteiger partial charge in [0.25, 0.3) is 0 Å². The molecule has 4 nitrogen and oxygen atoms in total. The van der Waals surface area contributed by atoms with Crippen molar-refractivity contribution in [1.29, 1.82) is 0 Å². The minimum absolute atomic E-state index is 1.06. The van der Waals surface area contributed by atoms with Crippen molar-refractivity contribution in [1.82, 2.24) is 13.7 Å². The Morgan fingerprint density at radius 3 is 0.948 bits per heavy atom. The first-order chi connectivity index (χ1) is 28.8. The number of anilines is 3. The van der Waals surface area contributed by atoms with Crippen molar-refractivity contribution in [2.45, 2.75) is 0 Å². The molecule has 272 valence electrons. The third-order valence-electron chi connectivity index (χ3n) is 11.8. The Balaban J connectivity index is 1.14. The minimum Gasteiger partial charge on any atom is -0.309 e. The van der Waals surface area contributed by atoms with Gasteiger partial charge >= 0.3 is 0 Å². The van der Waals surface area contributed by atoms with Gasteiger partial charge in [-0.15, -0.1) is 0 Å². The molecule has 4 heteroatoms. The van der Waals surface area contributed by atoms with E-state index in [4.69, 9.17) is 0 Å². The summed E-state index contributed by atoms with van der Waals surface area (Å²) in [5.41, 5.74) is 13.6. The first-order valence-corrected chi connectivity index (χ1v) is 19.9. The number of fused-ring (bicyclic) bond motifs is 9. The molecule has 9 aromatic carbocycles. The van der Waals surface area contributed by atoms with E-state index in [9.17, 15) is 0 Å². The molecule has 0 bridgehead atoms. The number of aromatic nitrogens is 3. The maximum absolute atomic E-state index is 2.44. The van der Waals surface area contributed by atoms with E-state index in [0.29, 0.717) is 0 Å². The van der Waals surface area contributed by atoms with Gasteiger partial charge in [0.1, 0.15) is 0 Å². The first kappa shape index (κ1) is 32.4. The van der Waals surface area contributed by atoms with E-state index >= 15 is 0 Å². The van der Waals surface area contributed by atoms with Crippen molar-refractivity contribution in [2.75, 3.05) is 4.90 Å². The third-order valence-corrected chi connectivity index (χ3v) is 11.8. The highest BCUT2D eigenvalue weighted by Gasteiger charge is 2.22. The van der Waals surface area contributed by atoms with Crippen LogP contribution in [-0.2, 0) is 0 Å². The average molecular weight is 741 g/mol. The van der Waals surface area contributed by atoms with Crippen LogP contribution < -0.4 is 4.90 Å². The van der Waals surface area contributed by atoms with Gasteiger partial charge in [-0.3, -0.25) is 0 Å². The molecule has 0 aliphatic rings. The van der Waals surface area contributed by atoms with E-state index < -0.39 is 0 Å². The second-order valence-electron chi connectivity index (χ2n) is 15.0. The van der Waals surface area contributed by atoms with Gasteiger partial charge in [-0.1, -0.05) is 133 Å². The molecule has 12 aromatic rings. The molecule has 0 N–H and O–H groups in total. The Morgan fingerprint density at radius 2 is 0.569 bits per heavy atom. The molecule has 12 rings (SSSR count). The zero-order valence-electron chi connectivity index (χ0n) is 31.6. The second-order valence-corrected chi connectivity index (χ2v) is 15.0. The molecule has 0 radical (unpaired) electrons. The molecule has 0 amide bonds. The Labute approximate surface area is 335 Å². The molecule has 0 spiro atoms. The second kappa shape index (κ2) is 12.9. The summed E-state index contributed by atoms with van der Waals surface area (Å²) in [6.45, 7) is 0. The van der Waals surface area contributed by atoms with E-state index in [-0.39, 0.29) is 0 Å². The van der Waals surface area contributed by atoms with Crippen LogP contribution in [0, 0.1) is 0 Å². The SMILES string of the molecule is c1cc(N(c2cccc(-n3c4ccccc4c4ccccc43)c2)c2ccccc2-n2c3ccccc3c3ccccc32)cc(-n2c3ccccc3c3ccccc32)c1. The smallest absolute Gasteiger partial charge is 0.0702 e. The van der Waals surface area contributed by atoms with Gasteiger partial charge in [0.05, 0.1) is 44.5 Å². The molecule has 0 fully saturated rings. The van der Waals surface area contributed by atoms with Crippen molar-refractivity contribution in [3.8, 4) is 17.1 Å². The number of hydrogen-bond donors (Lipinski definition) is 0. The lowest BCUT2D eigenvalue weighted by atomic mass is 10.1. The topological polar surface area (TPSA) is 18.0 Å². The van der Waals surface area contributed by atoms with Gasteiger partial charge in [-0.2, -0.15) is 0 Å². The van der Waals surface area contributed by atoms with E-state index in [1.807, 2.05) is 0 Å². The quantitative estimate of drug-likeness (QED) is 0.166. The zero-order chi connectivity index (χ0) is 38.2. The van der Waals surface area contributed by atoms with Crippen LogP contribution in [0.15, 0.2) is 218 Å². The van der Waals surface area contributed by atoms with Gasteiger partial charge in [0, 0.05) is 55.1 Å². The normalized spacial score (nSPS) is 11.8. The number of rotatable bonds is 6. The van der Waals surface area contributed by atoms with Gasteiger partial charge in [0.15, 0.2) is 0 Å². The summed E-state index contributed by atoms with van der Waals surface area (Å²) < 4.78 is 7.24. The molecule has 0 aliphatic heterocycles. The van der Waals surface area contributed by atoms with Crippen LogP contribution >= 0.6 is 0 Å². The van der Waals surface area contributed by atoms with Crippen molar-refractivity contribution in [2.24, 2.45) is 0 Å². The summed E-state index contributed by atoms with van der Waals surface area (Å²) in [4.78, 5) is 2.44. The summed E-state index contributed by atoms with van der Waals surface area (Å²) in [7, 11) is 0. The lowest BCUT2D eigenvalue weighted by Crippen LogP contribution is -2.14. The predicted octanol–water partition coefficient (Wildman–Crippen LogP) is 14.4. The summed E-state index contributed by atoms with van der Waals surface area (Å²) in [5, 5.41) is 7.46. The van der Waals surface area contributed by atoms with Crippen molar-refractivity contribution >= 4 is 82.5 Å². The molecular weight excluding hydrogens is 705 g/mol. The minimum atomic E-state index is 1.06. The maximum Gasteiger partial charge on any atom is 0.0702 e. The van der Waals surface area contributed by atoms with Crippen LogP contribution in [0.3, 0.4) is 0 Å². The molecule has 58 heavy (non-hydrogen) atoms. The first-order valence-electron chi connectivity index (χ1n) is 19.9. The zero-order valence-corrected chi connectivity index (χ0v) is 31.6.